The number of nitrogens with two attached hydrogens (primary N) is 1. The van der Waals surface area contributed by atoms with Crippen LogP contribution < -0.4 is 5.73 Å². The van der Waals surface area contributed by atoms with Crippen molar-refractivity contribution in [2.24, 2.45) is 15.7 Å². The summed E-state index contributed by atoms with van der Waals surface area (Å²) in [7, 11) is 1.33. The molecule has 5 nitrogen and oxygen atoms in total. The molecule has 2 aliphatic rings. The van der Waals surface area contributed by atoms with Gasteiger partial charge in [0.2, 0.25) is 0 Å². The van der Waals surface area contributed by atoms with Crippen LogP contribution in [0.4, 0.5) is 0 Å². The lowest BCUT2D eigenvalue weighted by molar-refractivity contribution is -0.135. The van der Waals surface area contributed by atoms with Crippen LogP contribution in [-0.2, 0) is 9.53 Å². The van der Waals surface area contributed by atoms with Crippen LogP contribution in [0.25, 0.3) is 0 Å². The molecule has 0 radical (unpaired) electrons. The number of carbonyl (C=O) groups is 1. The normalized spacial score (nSPS) is 23.5. The molecule has 0 fully saturated rings. The molecule has 1 aliphatic carbocycles. The molecule has 5 heteroatoms. The SMILES string of the molecule is COC(=O)C1=C[C@@H]2N=CN=C2C(N)=C1. The van der Waals surface area contributed by atoms with Gasteiger partial charge in [0.05, 0.1) is 24.1 Å². The summed E-state index contributed by atoms with van der Waals surface area (Å²) < 4.78 is 4.59. The molecule has 14 heavy (non-hydrogen) atoms. The van der Waals surface area contributed by atoms with Crippen molar-refractivity contribution >= 4 is 18.0 Å². The number of hydrogen-bond donors (Lipinski definition) is 1. The highest BCUT2D eigenvalue weighted by Gasteiger charge is 2.25. The van der Waals surface area contributed by atoms with Crippen molar-refractivity contribution < 1.29 is 9.53 Å². The summed E-state index contributed by atoms with van der Waals surface area (Å²) in [6.07, 6.45) is 4.68. The maximum Gasteiger partial charge on any atom is 0.337 e. The standard InChI is InChI=1S/C9H9N3O2/c1-14-9(13)5-2-6(10)8-7(3-5)11-4-12-8/h2-4,7H,10H2,1H3/t7-/m0/s1. The Labute approximate surface area is 80.7 Å². The van der Waals surface area contributed by atoms with E-state index >= 15 is 0 Å². The summed E-state index contributed by atoms with van der Waals surface area (Å²) in [5.41, 5.74) is 7.29. The molecule has 0 aromatic heterocycles. The molecular formula is C9H9N3O2. The Kier molecular flexibility index (Phi) is 1.92. The van der Waals surface area contributed by atoms with Crippen molar-refractivity contribution in [3.8, 4) is 0 Å². The summed E-state index contributed by atoms with van der Waals surface area (Å²) in [6.45, 7) is 0. The number of carbonyl (C=O) groups excluding carboxylic acids is 1. The first-order chi connectivity index (χ1) is 6.72. The first kappa shape index (κ1) is 8.68. The fourth-order valence-electron chi connectivity index (χ4n) is 1.39. The molecule has 0 unspecified atom stereocenters. The fourth-order valence-corrected chi connectivity index (χ4v) is 1.39. The van der Waals surface area contributed by atoms with Crippen LogP contribution in [0.5, 0.6) is 0 Å². The van der Waals surface area contributed by atoms with Crippen molar-refractivity contribution in [3.63, 3.8) is 0 Å². The molecule has 0 aromatic rings. The Balaban J connectivity index is 2.35. The Bertz CT molecular complexity index is 404. The maximum atomic E-state index is 11.2. The van der Waals surface area contributed by atoms with Crippen molar-refractivity contribution in [3.05, 3.63) is 23.4 Å². The number of ether oxygens (including phenoxy) is 1. The van der Waals surface area contributed by atoms with E-state index in [1.165, 1.54) is 13.4 Å². The van der Waals surface area contributed by atoms with E-state index in [1.807, 2.05) is 0 Å². The average molecular weight is 191 g/mol. The molecule has 0 saturated carbocycles. The lowest BCUT2D eigenvalue weighted by atomic mass is 9.99. The largest absolute Gasteiger partial charge is 0.465 e. The van der Waals surface area contributed by atoms with Crippen LogP contribution in [0, 0.1) is 0 Å². The molecule has 0 saturated heterocycles. The highest BCUT2D eigenvalue weighted by Crippen LogP contribution is 2.18. The molecule has 1 heterocycles. The van der Waals surface area contributed by atoms with Crippen molar-refractivity contribution in [1.82, 2.24) is 0 Å². The quantitative estimate of drug-likeness (QED) is 0.583. The number of rotatable bonds is 1. The zero-order chi connectivity index (χ0) is 10.1. The third kappa shape index (κ3) is 1.22. The minimum Gasteiger partial charge on any atom is -0.465 e. The van der Waals surface area contributed by atoms with Gasteiger partial charge in [0.15, 0.2) is 0 Å². The zero-order valence-corrected chi connectivity index (χ0v) is 7.60. The second-order valence-electron chi connectivity index (χ2n) is 2.94. The predicted octanol–water partition coefficient (Wildman–Crippen LogP) is -0.207. The number of methoxy groups -OCH3 is 1. The Morgan fingerprint density at radius 2 is 2.43 bits per heavy atom. The number of fused-ring (bicyclic) bond motifs is 1. The van der Waals surface area contributed by atoms with Crippen LogP contribution in [0.2, 0.25) is 0 Å². The summed E-state index contributed by atoms with van der Waals surface area (Å²) in [4.78, 5) is 19.3. The Morgan fingerprint density at radius 1 is 1.64 bits per heavy atom. The molecule has 0 amide bonds. The molecule has 0 bridgehead atoms. The lowest BCUT2D eigenvalue weighted by Gasteiger charge is -2.14. The van der Waals surface area contributed by atoms with Crippen LogP contribution in [0.15, 0.2) is 33.4 Å². The topological polar surface area (TPSA) is 77.0 Å². The van der Waals surface area contributed by atoms with E-state index in [2.05, 4.69) is 14.7 Å². The summed E-state index contributed by atoms with van der Waals surface area (Å²) in [5.74, 6) is -0.408. The highest BCUT2D eigenvalue weighted by atomic mass is 16.5. The molecule has 0 spiro atoms. The van der Waals surface area contributed by atoms with E-state index < -0.39 is 5.97 Å². The summed E-state index contributed by atoms with van der Waals surface area (Å²) in [5, 5.41) is 0. The Morgan fingerprint density at radius 3 is 3.14 bits per heavy atom. The molecule has 1 atom stereocenters. The lowest BCUT2D eigenvalue weighted by Crippen LogP contribution is -2.26. The van der Waals surface area contributed by atoms with Crippen LogP contribution in [0.1, 0.15) is 0 Å². The van der Waals surface area contributed by atoms with Gasteiger partial charge in [-0.25, -0.2) is 9.79 Å². The van der Waals surface area contributed by atoms with Crippen LogP contribution in [-0.4, -0.2) is 31.2 Å². The van der Waals surface area contributed by atoms with Gasteiger partial charge >= 0.3 is 5.97 Å². The number of hydrogen-bond acceptors (Lipinski definition) is 5. The van der Waals surface area contributed by atoms with Gasteiger partial charge in [0, 0.05) is 0 Å². The van der Waals surface area contributed by atoms with Crippen molar-refractivity contribution in [1.29, 1.82) is 0 Å². The van der Waals surface area contributed by atoms with Gasteiger partial charge in [-0.1, -0.05) is 0 Å². The van der Waals surface area contributed by atoms with Gasteiger partial charge in [0.25, 0.3) is 0 Å². The number of aliphatic imine (C=N–C) groups is 2. The van der Waals surface area contributed by atoms with Crippen molar-refractivity contribution in [2.45, 2.75) is 6.04 Å². The second-order valence-corrected chi connectivity index (χ2v) is 2.94. The minimum absolute atomic E-state index is 0.228. The third-order valence-corrected chi connectivity index (χ3v) is 2.07. The molecule has 2 N–H and O–H groups in total. The fraction of sp³-hybridized carbons (Fsp3) is 0.222. The Hall–Kier alpha value is -1.91. The maximum absolute atomic E-state index is 11.2. The first-order valence-corrected chi connectivity index (χ1v) is 4.09. The summed E-state index contributed by atoms with van der Waals surface area (Å²) >= 11 is 0. The molecule has 0 aromatic carbocycles. The molecule has 72 valence electrons. The smallest absolute Gasteiger partial charge is 0.337 e. The molecule has 1 aliphatic heterocycles. The number of nitrogens with zero attached hydrogens (tertiary/aromatic N) is 2. The monoisotopic (exact) mass is 191 g/mol. The van der Waals surface area contributed by atoms with E-state index in [0.717, 1.165) is 0 Å². The van der Waals surface area contributed by atoms with E-state index in [0.29, 0.717) is 17.0 Å². The highest BCUT2D eigenvalue weighted by molar-refractivity contribution is 6.14. The molecular weight excluding hydrogens is 182 g/mol. The van der Waals surface area contributed by atoms with Gasteiger partial charge in [0.1, 0.15) is 12.4 Å². The van der Waals surface area contributed by atoms with Crippen LogP contribution >= 0.6 is 0 Å². The van der Waals surface area contributed by atoms with Crippen LogP contribution in [0.3, 0.4) is 0 Å². The third-order valence-electron chi connectivity index (χ3n) is 2.07. The zero-order valence-electron chi connectivity index (χ0n) is 7.60. The van der Waals surface area contributed by atoms with E-state index in [-0.39, 0.29) is 6.04 Å². The van der Waals surface area contributed by atoms with E-state index in [1.54, 1.807) is 12.2 Å². The van der Waals surface area contributed by atoms with Gasteiger partial charge in [-0.15, -0.1) is 0 Å². The van der Waals surface area contributed by atoms with Crippen molar-refractivity contribution in [2.75, 3.05) is 7.11 Å². The van der Waals surface area contributed by atoms with Gasteiger partial charge in [-0.3, -0.25) is 4.99 Å². The first-order valence-electron chi connectivity index (χ1n) is 4.09. The van der Waals surface area contributed by atoms with E-state index in [4.69, 9.17) is 5.73 Å². The van der Waals surface area contributed by atoms with Gasteiger partial charge < -0.3 is 10.5 Å². The predicted molar refractivity (Wildman–Crippen MR) is 52.1 cm³/mol. The second kappa shape index (κ2) is 3.10. The van der Waals surface area contributed by atoms with Gasteiger partial charge in [-0.05, 0) is 12.2 Å². The average Bonchev–Trinajstić information content (AvgIpc) is 2.64. The van der Waals surface area contributed by atoms with Gasteiger partial charge in [-0.2, -0.15) is 0 Å². The van der Waals surface area contributed by atoms with E-state index in [9.17, 15) is 4.79 Å². The summed E-state index contributed by atoms with van der Waals surface area (Å²) in [6, 6.07) is -0.228. The minimum atomic E-state index is -0.408. The molecule has 2 rings (SSSR count). The number of esters is 1.